The number of nitro groups is 1. The maximum absolute atomic E-state index is 11.7. The topological polar surface area (TPSA) is 84.7 Å². The van der Waals surface area contributed by atoms with Crippen molar-refractivity contribution in [1.82, 2.24) is 4.90 Å². The van der Waals surface area contributed by atoms with E-state index in [0.717, 1.165) is 43.7 Å². The van der Waals surface area contributed by atoms with Crippen molar-refractivity contribution in [1.29, 1.82) is 0 Å². The Labute approximate surface area is 169 Å². The van der Waals surface area contributed by atoms with E-state index in [-0.39, 0.29) is 23.1 Å². The van der Waals surface area contributed by atoms with Gasteiger partial charge in [0.15, 0.2) is 5.78 Å². The lowest BCUT2D eigenvalue weighted by atomic mass is 9.80. The van der Waals surface area contributed by atoms with Crippen LogP contribution in [0, 0.1) is 10.1 Å². The van der Waals surface area contributed by atoms with Crippen LogP contribution in [-0.4, -0.2) is 41.3 Å². The van der Waals surface area contributed by atoms with Gasteiger partial charge in [0.1, 0.15) is 17.0 Å². The first-order valence-electron chi connectivity index (χ1n) is 9.89. The van der Waals surface area contributed by atoms with E-state index in [1.807, 2.05) is 24.3 Å². The number of nitrogens with one attached hydrogen (secondary N) is 1. The van der Waals surface area contributed by atoms with Crippen LogP contribution in [0.3, 0.4) is 0 Å². The number of ketones is 1. The Morgan fingerprint density at radius 2 is 1.97 bits per heavy atom. The number of nitro benzene ring substituents is 1. The van der Waals surface area contributed by atoms with Crippen molar-refractivity contribution in [3.8, 4) is 5.75 Å². The number of anilines is 1. The number of carbonyl (C=O) groups is 1. The molecule has 4 rings (SSSR count). The smallest absolute Gasteiger partial charge is 0.293 e. The van der Waals surface area contributed by atoms with Crippen LogP contribution in [0.15, 0.2) is 42.5 Å². The number of fused-ring (bicyclic) bond motifs is 1. The van der Waals surface area contributed by atoms with Crippen molar-refractivity contribution in [2.45, 2.75) is 37.8 Å². The first-order chi connectivity index (χ1) is 13.9. The van der Waals surface area contributed by atoms with E-state index in [4.69, 9.17) is 4.74 Å². The van der Waals surface area contributed by atoms with Gasteiger partial charge in [-0.25, -0.2) is 0 Å². The molecule has 0 amide bonds. The van der Waals surface area contributed by atoms with Crippen molar-refractivity contribution < 1.29 is 14.5 Å². The minimum absolute atomic E-state index is 0.0842. The summed E-state index contributed by atoms with van der Waals surface area (Å²) in [5.41, 5.74) is 1.40. The maximum Gasteiger partial charge on any atom is 0.293 e. The van der Waals surface area contributed by atoms with Crippen molar-refractivity contribution in [2.75, 3.05) is 25.5 Å². The lowest BCUT2D eigenvalue weighted by Crippen LogP contribution is -2.50. The lowest BCUT2D eigenvalue weighted by Gasteiger charge is -2.46. The molecule has 0 unspecified atom stereocenters. The van der Waals surface area contributed by atoms with Crippen LogP contribution in [0.25, 0.3) is 0 Å². The standard InChI is InChI=1S/C22H25N3O4/c1-15(26)16-7-8-18(20(13-16)25(27)28)23-19-14-22(9-11-24(2)12-10-22)29-21-6-4-3-5-17(19)21/h3-8,13,19,23H,9-12,14H2,1-2H3/t19-/m1/s1. The largest absolute Gasteiger partial charge is 0.487 e. The van der Waals surface area contributed by atoms with Gasteiger partial charge in [-0.3, -0.25) is 14.9 Å². The summed E-state index contributed by atoms with van der Waals surface area (Å²) in [6, 6.07) is 12.4. The van der Waals surface area contributed by atoms with Gasteiger partial charge in [0.2, 0.25) is 0 Å². The molecule has 0 radical (unpaired) electrons. The second-order valence-corrected chi connectivity index (χ2v) is 8.07. The highest BCUT2D eigenvalue weighted by atomic mass is 16.6. The molecular weight excluding hydrogens is 370 g/mol. The first kappa shape index (κ1) is 19.4. The summed E-state index contributed by atoms with van der Waals surface area (Å²) < 4.78 is 6.46. The van der Waals surface area contributed by atoms with Crippen LogP contribution in [0.2, 0.25) is 0 Å². The fraction of sp³-hybridized carbons (Fsp3) is 0.409. The molecule has 7 nitrogen and oxygen atoms in total. The molecule has 2 aliphatic rings. The highest BCUT2D eigenvalue weighted by molar-refractivity contribution is 5.95. The Kier molecular flexibility index (Phi) is 5.00. The molecule has 0 bridgehead atoms. The number of hydrogen-bond donors (Lipinski definition) is 1. The van der Waals surface area contributed by atoms with E-state index in [2.05, 4.69) is 17.3 Å². The third kappa shape index (κ3) is 3.82. The molecule has 29 heavy (non-hydrogen) atoms. The predicted octanol–water partition coefficient (Wildman–Crippen LogP) is 4.20. The molecule has 7 heteroatoms. The van der Waals surface area contributed by atoms with E-state index in [0.29, 0.717) is 11.3 Å². The quantitative estimate of drug-likeness (QED) is 0.474. The Morgan fingerprint density at radius 1 is 1.24 bits per heavy atom. The first-order valence-corrected chi connectivity index (χ1v) is 9.89. The summed E-state index contributed by atoms with van der Waals surface area (Å²) in [5.74, 6) is 0.644. The van der Waals surface area contributed by atoms with Crippen LogP contribution in [-0.2, 0) is 0 Å². The van der Waals surface area contributed by atoms with E-state index in [1.165, 1.54) is 13.0 Å². The van der Waals surface area contributed by atoms with Crippen molar-refractivity contribution in [3.63, 3.8) is 0 Å². The number of Topliss-reactive ketones (excluding diaryl/α,β-unsaturated/α-hetero) is 1. The third-order valence-electron chi connectivity index (χ3n) is 6.03. The predicted molar refractivity (Wildman–Crippen MR) is 111 cm³/mol. The second-order valence-electron chi connectivity index (χ2n) is 8.07. The summed E-state index contributed by atoms with van der Waals surface area (Å²) in [4.78, 5) is 25.1. The zero-order chi connectivity index (χ0) is 20.6. The molecule has 2 heterocycles. The van der Waals surface area contributed by atoms with Crippen molar-refractivity contribution >= 4 is 17.2 Å². The van der Waals surface area contributed by atoms with Crippen molar-refractivity contribution in [2.24, 2.45) is 0 Å². The molecule has 1 saturated heterocycles. The molecule has 0 aliphatic carbocycles. The third-order valence-corrected chi connectivity index (χ3v) is 6.03. The summed E-state index contributed by atoms with van der Waals surface area (Å²) >= 11 is 0. The zero-order valence-corrected chi connectivity index (χ0v) is 16.7. The number of carbonyl (C=O) groups excluding carboxylic acids is 1. The maximum atomic E-state index is 11.7. The van der Waals surface area contributed by atoms with Gasteiger partial charge in [0.05, 0.1) is 11.0 Å². The molecule has 1 atom stereocenters. The van der Waals surface area contributed by atoms with Crippen LogP contribution in [0.1, 0.15) is 48.1 Å². The van der Waals surface area contributed by atoms with Gasteiger partial charge >= 0.3 is 0 Å². The summed E-state index contributed by atoms with van der Waals surface area (Å²) in [6.07, 6.45) is 2.58. The number of piperidine rings is 1. The highest BCUT2D eigenvalue weighted by Gasteiger charge is 2.43. The number of benzene rings is 2. The number of ether oxygens (including phenoxy) is 1. The van der Waals surface area contributed by atoms with Crippen LogP contribution in [0.5, 0.6) is 5.75 Å². The normalized spacial score (nSPS) is 20.6. The fourth-order valence-electron chi connectivity index (χ4n) is 4.29. The molecule has 0 aromatic heterocycles. The Bertz CT molecular complexity index is 951. The minimum Gasteiger partial charge on any atom is -0.487 e. The number of hydrogen-bond acceptors (Lipinski definition) is 6. The minimum atomic E-state index is -0.439. The fourth-order valence-corrected chi connectivity index (χ4v) is 4.29. The average Bonchev–Trinajstić information content (AvgIpc) is 2.70. The molecule has 152 valence electrons. The van der Waals surface area contributed by atoms with Gasteiger partial charge in [0, 0.05) is 36.7 Å². The number of nitrogens with zero attached hydrogens (tertiary/aromatic N) is 2. The van der Waals surface area contributed by atoms with Gasteiger partial charge < -0.3 is 15.0 Å². The molecule has 1 fully saturated rings. The number of rotatable bonds is 4. The zero-order valence-electron chi connectivity index (χ0n) is 16.7. The van der Waals surface area contributed by atoms with Crippen LogP contribution >= 0.6 is 0 Å². The Balaban J connectivity index is 1.69. The van der Waals surface area contributed by atoms with Crippen molar-refractivity contribution in [3.05, 3.63) is 63.7 Å². The van der Waals surface area contributed by atoms with Crippen LogP contribution < -0.4 is 10.1 Å². The summed E-state index contributed by atoms with van der Waals surface area (Å²) in [6.45, 7) is 3.33. The lowest BCUT2D eigenvalue weighted by molar-refractivity contribution is -0.384. The molecular formula is C22H25N3O4. The molecule has 0 saturated carbocycles. The number of para-hydroxylation sites is 1. The SMILES string of the molecule is CC(=O)c1ccc(N[C@@H]2CC3(CCN(C)CC3)Oc3ccccc32)c([N+](=O)[O-])c1. The van der Waals surface area contributed by atoms with Gasteiger partial charge in [-0.15, -0.1) is 0 Å². The molecule has 2 aliphatic heterocycles. The molecule has 2 aromatic carbocycles. The highest BCUT2D eigenvalue weighted by Crippen LogP contribution is 2.46. The number of likely N-dealkylation sites (tertiary alicyclic amines) is 1. The van der Waals surface area contributed by atoms with E-state index in [9.17, 15) is 14.9 Å². The summed E-state index contributed by atoms with van der Waals surface area (Å²) in [7, 11) is 2.11. The van der Waals surface area contributed by atoms with Gasteiger partial charge in [-0.05, 0) is 45.0 Å². The van der Waals surface area contributed by atoms with E-state index in [1.54, 1.807) is 12.1 Å². The second kappa shape index (κ2) is 7.48. The summed E-state index contributed by atoms with van der Waals surface area (Å²) in [5, 5.41) is 15.0. The Morgan fingerprint density at radius 3 is 2.66 bits per heavy atom. The monoisotopic (exact) mass is 395 g/mol. The van der Waals surface area contributed by atoms with Gasteiger partial charge in [-0.2, -0.15) is 0 Å². The Hall–Kier alpha value is -2.93. The molecule has 2 aromatic rings. The van der Waals surface area contributed by atoms with Gasteiger partial charge in [-0.1, -0.05) is 18.2 Å². The molecule has 1 N–H and O–H groups in total. The van der Waals surface area contributed by atoms with Crippen LogP contribution in [0.4, 0.5) is 11.4 Å². The van der Waals surface area contributed by atoms with E-state index >= 15 is 0 Å². The van der Waals surface area contributed by atoms with E-state index < -0.39 is 4.92 Å². The average molecular weight is 395 g/mol. The van der Waals surface area contributed by atoms with Gasteiger partial charge in [0.25, 0.3) is 5.69 Å². The molecule has 1 spiro atoms.